The first-order valence-corrected chi connectivity index (χ1v) is 9.45. The molecular formula is C20H23FN4O3. The summed E-state index contributed by atoms with van der Waals surface area (Å²) in [4.78, 5) is 23.3. The van der Waals surface area contributed by atoms with E-state index in [1.54, 1.807) is 36.1 Å². The number of ether oxygens (including phenoxy) is 2. The van der Waals surface area contributed by atoms with E-state index in [9.17, 15) is 9.18 Å². The van der Waals surface area contributed by atoms with Gasteiger partial charge in [0.1, 0.15) is 23.2 Å². The van der Waals surface area contributed by atoms with E-state index in [4.69, 9.17) is 9.47 Å². The van der Waals surface area contributed by atoms with Gasteiger partial charge in [-0.1, -0.05) is 18.2 Å². The Kier molecular flexibility index (Phi) is 5.23. The molecule has 1 aromatic carbocycles. The molecule has 4 rings (SSSR count). The third-order valence-corrected chi connectivity index (χ3v) is 5.10. The van der Waals surface area contributed by atoms with Crippen molar-refractivity contribution >= 4 is 11.7 Å². The lowest BCUT2D eigenvalue weighted by Gasteiger charge is -2.37. The molecule has 8 heteroatoms. The van der Waals surface area contributed by atoms with Gasteiger partial charge in [0.05, 0.1) is 13.2 Å². The zero-order valence-corrected chi connectivity index (χ0v) is 15.8. The fraction of sp³-hybridized carbons (Fsp3) is 0.450. The highest BCUT2D eigenvalue weighted by molar-refractivity contribution is 5.93. The predicted molar refractivity (Wildman–Crippen MR) is 100 cm³/mol. The van der Waals surface area contributed by atoms with Crippen LogP contribution in [0.5, 0.6) is 0 Å². The number of hydrogen-bond donors (Lipinski definition) is 1. The topological polar surface area (TPSA) is 76.6 Å². The van der Waals surface area contributed by atoms with E-state index in [-0.39, 0.29) is 18.3 Å². The van der Waals surface area contributed by atoms with Crippen molar-refractivity contribution in [1.29, 1.82) is 0 Å². The number of benzene rings is 1. The van der Waals surface area contributed by atoms with Crippen LogP contribution in [0.25, 0.3) is 0 Å². The highest BCUT2D eigenvalue weighted by atomic mass is 19.1. The molecule has 0 aliphatic carbocycles. The van der Waals surface area contributed by atoms with Gasteiger partial charge in [-0.05, 0) is 13.0 Å². The van der Waals surface area contributed by atoms with Crippen LogP contribution in [0, 0.1) is 12.7 Å². The number of carbonyl (C=O) groups is 1. The van der Waals surface area contributed by atoms with Crippen molar-refractivity contribution in [3.8, 4) is 0 Å². The van der Waals surface area contributed by atoms with Gasteiger partial charge in [-0.3, -0.25) is 4.79 Å². The number of hydrogen-bond acceptors (Lipinski definition) is 6. The number of aromatic nitrogens is 2. The van der Waals surface area contributed by atoms with E-state index >= 15 is 0 Å². The van der Waals surface area contributed by atoms with Gasteiger partial charge in [0.15, 0.2) is 5.79 Å². The van der Waals surface area contributed by atoms with Gasteiger partial charge in [0.25, 0.3) is 5.91 Å². The molecule has 1 N–H and O–H groups in total. The maximum absolute atomic E-state index is 13.8. The van der Waals surface area contributed by atoms with E-state index < -0.39 is 5.79 Å². The average molecular weight is 386 g/mol. The summed E-state index contributed by atoms with van der Waals surface area (Å²) in [5.41, 5.74) is 0.859. The van der Waals surface area contributed by atoms with Crippen LogP contribution >= 0.6 is 0 Å². The maximum atomic E-state index is 13.8. The highest BCUT2D eigenvalue weighted by Gasteiger charge is 2.41. The summed E-state index contributed by atoms with van der Waals surface area (Å²) < 4.78 is 25.2. The molecule has 0 saturated carbocycles. The first-order valence-electron chi connectivity index (χ1n) is 9.45. The number of rotatable bonds is 4. The molecule has 2 aliphatic heterocycles. The minimum absolute atomic E-state index is 0.146. The Balaban J connectivity index is 1.43. The largest absolute Gasteiger partial charge is 0.366 e. The number of halogens is 1. The van der Waals surface area contributed by atoms with Gasteiger partial charge >= 0.3 is 0 Å². The minimum atomic E-state index is -0.523. The first kappa shape index (κ1) is 18.8. The van der Waals surface area contributed by atoms with Gasteiger partial charge in [0, 0.05) is 44.1 Å². The fourth-order valence-corrected chi connectivity index (χ4v) is 3.59. The van der Waals surface area contributed by atoms with Crippen molar-refractivity contribution in [3.05, 3.63) is 53.2 Å². The quantitative estimate of drug-likeness (QED) is 0.870. The Bertz CT molecular complexity index is 860. The van der Waals surface area contributed by atoms with E-state index in [0.717, 1.165) is 0 Å². The Morgan fingerprint density at radius 2 is 1.93 bits per heavy atom. The van der Waals surface area contributed by atoms with Crippen LogP contribution in [0.1, 0.15) is 34.7 Å². The molecular weight excluding hydrogens is 363 g/mol. The molecule has 1 amide bonds. The zero-order chi connectivity index (χ0) is 19.6. The van der Waals surface area contributed by atoms with Gasteiger partial charge in [-0.25, -0.2) is 14.4 Å². The summed E-state index contributed by atoms with van der Waals surface area (Å²) in [7, 11) is 0. The van der Waals surface area contributed by atoms with Crippen LogP contribution in [0.3, 0.4) is 0 Å². The van der Waals surface area contributed by atoms with Crippen molar-refractivity contribution in [2.24, 2.45) is 0 Å². The average Bonchev–Trinajstić information content (AvgIpc) is 3.15. The molecule has 0 radical (unpaired) electrons. The molecule has 1 aromatic heterocycles. The van der Waals surface area contributed by atoms with Gasteiger partial charge < -0.3 is 19.7 Å². The molecule has 148 valence electrons. The molecule has 28 heavy (non-hydrogen) atoms. The van der Waals surface area contributed by atoms with Crippen molar-refractivity contribution in [2.75, 3.05) is 31.6 Å². The normalized spacial score (nSPS) is 18.4. The highest BCUT2D eigenvalue weighted by Crippen LogP contribution is 2.31. The van der Waals surface area contributed by atoms with Crippen molar-refractivity contribution in [1.82, 2.24) is 14.9 Å². The van der Waals surface area contributed by atoms with Crippen LogP contribution in [-0.4, -0.2) is 52.9 Å². The monoisotopic (exact) mass is 386 g/mol. The number of piperidine rings is 1. The number of amides is 1. The molecule has 0 unspecified atom stereocenters. The molecule has 2 fully saturated rings. The van der Waals surface area contributed by atoms with E-state index in [1.807, 2.05) is 0 Å². The Morgan fingerprint density at radius 1 is 1.21 bits per heavy atom. The lowest BCUT2D eigenvalue weighted by molar-refractivity contribution is -0.181. The number of anilines is 1. The molecule has 0 atom stereocenters. The fourth-order valence-electron chi connectivity index (χ4n) is 3.59. The SMILES string of the molecule is Cc1nc(NCc2ccccc2F)cc(C(=O)N2CCC3(CC2)OCCO3)n1. The Hall–Kier alpha value is -2.58. The summed E-state index contributed by atoms with van der Waals surface area (Å²) in [6.07, 6.45) is 1.31. The van der Waals surface area contributed by atoms with E-state index in [2.05, 4.69) is 15.3 Å². The second kappa shape index (κ2) is 7.81. The lowest BCUT2D eigenvalue weighted by Crippen LogP contribution is -2.47. The number of aryl methyl sites for hydroxylation is 1. The third kappa shape index (κ3) is 3.98. The zero-order valence-electron chi connectivity index (χ0n) is 15.8. The van der Waals surface area contributed by atoms with Crippen LogP contribution in [0.4, 0.5) is 10.2 Å². The van der Waals surface area contributed by atoms with Gasteiger partial charge in [0.2, 0.25) is 0 Å². The number of carbonyl (C=O) groups excluding carboxylic acids is 1. The lowest BCUT2D eigenvalue weighted by atomic mass is 10.0. The number of nitrogens with one attached hydrogen (secondary N) is 1. The molecule has 3 heterocycles. The summed E-state index contributed by atoms with van der Waals surface area (Å²) in [6, 6.07) is 8.16. The van der Waals surface area contributed by atoms with Gasteiger partial charge in [-0.15, -0.1) is 0 Å². The first-order chi connectivity index (χ1) is 13.5. The second-order valence-corrected chi connectivity index (χ2v) is 7.03. The van der Waals surface area contributed by atoms with Crippen LogP contribution in [-0.2, 0) is 16.0 Å². The predicted octanol–water partition coefficient (Wildman–Crippen LogP) is 2.52. The van der Waals surface area contributed by atoms with E-state index in [0.29, 0.717) is 62.0 Å². The molecule has 2 saturated heterocycles. The molecule has 1 spiro atoms. The standard InChI is InChI=1S/C20H23FN4O3/c1-14-23-17(12-18(24-14)22-13-15-4-2-3-5-16(15)21)19(26)25-8-6-20(7-9-25)27-10-11-28-20/h2-5,12H,6-11,13H2,1H3,(H,22,23,24). The van der Waals surface area contributed by atoms with E-state index in [1.165, 1.54) is 6.07 Å². The summed E-state index contributed by atoms with van der Waals surface area (Å²) in [5, 5.41) is 3.08. The number of nitrogens with zero attached hydrogens (tertiary/aromatic N) is 3. The second-order valence-electron chi connectivity index (χ2n) is 7.03. The molecule has 7 nitrogen and oxygen atoms in total. The molecule has 0 bridgehead atoms. The van der Waals surface area contributed by atoms with Crippen molar-refractivity contribution < 1.29 is 18.7 Å². The number of likely N-dealkylation sites (tertiary alicyclic amines) is 1. The maximum Gasteiger partial charge on any atom is 0.272 e. The van der Waals surface area contributed by atoms with Crippen molar-refractivity contribution in [3.63, 3.8) is 0 Å². The smallest absolute Gasteiger partial charge is 0.272 e. The Labute approximate surface area is 162 Å². The third-order valence-electron chi connectivity index (χ3n) is 5.10. The Morgan fingerprint density at radius 3 is 2.64 bits per heavy atom. The minimum Gasteiger partial charge on any atom is -0.366 e. The van der Waals surface area contributed by atoms with Crippen LogP contribution in [0.15, 0.2) is 30.3 Å². The summed E-state index contributed by atoms with van der Waals surface area (Å²) >= 11 is 0. The summed E-state index contributed by atoms with van der Waals surface area (Å²) in [5.74, 6) is 0.0287. The molecule has 2 aromatic rings. The summed E-state index contributed by atoms with van der Waals surface area (Å²) in [6.45, 7) is 4.33. The van der Waals surface area contributed by atoms with Crippen LogP contribution < -0.4 is 5.32 Å². The van der Waals surface area contributed by atoms with Gasteiger partial charge in [-0.2, -0.15) is 0 Å². The molecule has 2 aliphatic rings. The van der Waals surface area contributed by atoms with Crippen molar-refractivity contribution in [2.45, 2.75) is 32.1 Å². The van der Waals surface area contributed by atoms with Crippen LogP contribution in [0.2, 0.25) is 0 Å².